The highest BCUT2D eigenvalue weighted by Crippen LogP contribution is 2.35. The molecule has 24 heavy (non-hydrogen) atoms. The number of rotatable bonds is 5. The van der Waals surface area contributed by atoms with Crippen LogP contribution in [0.15, 0.2) is 25.4 Å². The topological polar surface area (TPSA) is 102 Å². The Labute approximate surface area is 143 Å². The molecule has 128 valence electrons. The fourth-order valence-electron chi connectivity index (χ4n) is 2.26. The Kier molecular flexibility index (Phi) is 4.28. The summed E-state index contributed by atoms with van der Waals surface area (Å²) in [6, 6.07) is 3.34. The molecule has 0 unspecified atom stereocenters. The third kappa shape index (κ3) is 2.99. The summed E-state index contributed by atoms with van der Waals surface area (Å²) in [4.78, 5) is 4.82. The molecular formula is C14H16N4O4S2. The van der Waals surface area contributed by atoms with Gasteiger partial charge in [-0.1, -0.05) is 10.3 Å². The van der Waals surface area contributed by atoms with Gasteiger partial charge in [-0.05, 0) is 32.9 Å². The largest absolute Gasteiger partial charge is 0.361 e. The van der Waals surface area contributed by atoms with Crippen molar-refractivity contribution in [3.8, 4) is 10.4 Å². The molecule has 0 aromatic carbocycles. The fraction of sp³-hybridized carbons (Fsp3) is 0.357. The average Bonchev–Trinajstić information content (AvgIpc) is 3.21. The van der Waals surface area contributed by atoms with Crippen LogP contribution in [-0.4, -0.2) is 35.1 Å². The van der Waals surface area contributed by atoms with E-state index < -0.39 is 10.0 Å². The van der Waals surface area contributed by atoms with Crippen LogP contribution in [0.1, 0.15) is 23.2 Å². The molecule has 10 heteroatoms. The standard InChI is InChI=1S/C14H16N4O4S2/c1-8-14(9(2)21-16-8)11-5-6-13(23-11)24(19,20)18(4)7-12-15-10(3)17-22-12/h5-6H,7H2,1-4H3. The predicted octanol–water partition coefficient (Wildman–Crippen LogP) is 2.53. The Balaban J connectivity index is 1.88. The quantitative estimate of drug-likeness (QED) is 0.682. The van der Waals surface area contributed by atoms with Gasteiger partial charge in [0.25, 0.3) is 10.0 Å². The van der Waals surface area contributed by atoms with E-state index in [1.807, 2.05) is 6.92 Å². The van der Waals surface area contributed by atoms with E-state index in [1.54, 1.807) is 26.0 Å². The Hall–Kier alpha value is -2.04. The first kappa shape index (κ1) is 16.8. The molecule has 8 nitrogen and oxygen atoms in total. The van der Waals surface area contributed by atoms with Gasteiger partial charge in [0.15, 0.2) is 5.82 Å². The maximum atomic E-state index is 12.7. The van der Waals surface area contributed by atoms with Crippen molar-refractivity contribution in [1.82, 2.24) is 19.6 Å². The molecule has 0 aliphatic heterocycles. The molecule has 0 saturated heterocycles. The van der Waals surface area contributed by atoms with E-state index in [2.05, 4.69) is 15.3 Å². The van der Waals surface area contributed by atoms with Gasteiger partial charge in [-0.15, -0.1) is 11.3 Å². The molecule has 0 fully saturated rings. The average molecular weight is 368 g/mol. The van der Waals surface area contributed by atoms with E-state index in [9.17, 15) is 8.42 Å². The van der Waals surface area contributed by atoms with Gasteiger partial charge >= 0.3 is 0 Å². The van der Waals surface area contributed by atoms with Crippen LogP contribution in [0.25, 0.3) is 10.4 Å². The molecule has 3 heterocycles. The van der Waals surface area contributed by atoms with Gasteiger partial charge in [-0.25, -0.2) is 8.42 Å². The monoisotopic (exact) mass is 368 g/mol. The van der Waals surface area contributed by atoms with Crippen LogP contribution in [0.2, 0.25) is 0 Å². The van der Waals surface area contributed by atoms with Crippen molar-refractivity contribution in [3.63, 3.8) is 0 Å². The minimum atomic E-state index is -3.65. The lowest BCUT2D eigenvalue weighted by molar-refractivity contribution is 0.335. The summed E-state index contributed by atoms with van der Waals surface area (Å²) in [5.41, 5.74) is 1.56. The Morgan fingerprint density at radius 3 is 2.50 bits per heavy atom. The van der Waals surface area contributed by atoms with E-state index in [4.69, 9.17) is 9.05 Å². The first-order chi connectivity index (χ1) is 11.3. The highest BCUT2D eigenvalue weighted by Gasteiger charge is 2.26. The summed E-state index contributed by atoms with van der Waals surface area (Å²) in [6.07, 6.45) is 0. The highest BCUT2D eigenvalue weighted by atomic mass is 32.2. The number of hydrogen-bond donors (Lipinski definition) is 0. The van der Waals surface area contributed by atoms with Crippen molar-refractivity contribution in [2.24, 2.45) is 0 Å². The second-order valence-electron chi connectivity index (χ2n) is 5.31. The number of aryl methyl sites for hydroxylation is 3. The molecule has 0 aliphatic rings. The summed E-state index contributed by atoms with van der Waals surface area (Å²) in [6.45, 7) is 5.31. The van der Waals surface area contributed by atoms with E-state index in [1.165, 1.54) is 22.7 Å². The SMILES string of the molecule is Cc1noc(CN(C)S(=O)(=O)c2ccc(-c3c(C)noc3C)s2)n1. The normalized spacial score (nSPS) is 12.2. The van der Waals surface area contributed by atoms with Gasteiger partial charge in [0.1, 0.15) is 9.97 Å². The highest BCUT2D eigenvalue weighted by molar-refractivity contribution is 7.91. The van der Waals surface area contributed by atoms with Crippen LogP contribution in [0.3, 0.4) is 0 Å². The van der Waals surface area contributed by atoms with Crippen molar-refractivity contribution in [3.05, 3.63) is 35.3 Å². The summed E-state index contributed by atoms with van der Waals surface area (Å²) >= 11 is 1.17. The van der Waals surface area contributed by atoms with Gasteiger partial charge < -0.3 is 9.05 Å². The van der Waals surface area contributed by atoms with Crippen molar-refractivity contribution >= 4 is 21.4 Å². The predicted molar refractivity (Wildman–Crippen MR) is 87.0 cm³/mol. The van der Waals surface area contributed by atoms with Crippen LogP contribution < -0.4 is 0 Å². The summed E-state index contributed by atoms with van der Waals surface area (Å²) < 4.78 is 36.9. The Bertz CT molecular complexity index is 951. The van der Waals surface area contributed by atoms with E-state index in [0.717, 1.165) is 16.1 Å². The third-order valence-electron chi connectivity index (χ3n) is 3.45. The van der Waals surface area contributed by atoms with E-state index in [0.29, 0.717) is 11.6 Å². The molecular weight excluding hydrogens is 352 g/mol. The van der Waals surface area contributed by atoms with Gasteiger partial charge in [-0.3, -0.25) is 0 Å². The number of sulfonamides is 1. The molecule has 0 saturated carbocycles. The van der Waals surface area contributed by atoms with Crippen molar-refractivity contribution in [1.29, 1.82) is 0 Å². The minimum absolute atomic E-state index is 0.0156. The van der Waals surface area contributed by atoms with Crippen LogP contribution >= 0.6 is 11.3 Å². The molecule has 0 amide bonds. The van der Waals surface area contributed by atoms with Crippen molar-refractivity contribution in [2.45, 2.75) is 31.5 Å². The lowest BCUT2D eigenvalue weighted by Crippen LogP contribution is -2.25. The zero-order valence-corrected chi connectivity index (χ0v) is 15.2. The van der Waals surface area contributed by atoms with E-state index >= 15 is 0 Å². The molecule has 0 N–H and O–H groups in total. The Morgan fingerprint density at radius 2 is 1.92 bits per heavy atom. The van der Waals surface area contributed by atoms with Crippen LogP contribution in [0.4, 0.5) is 0 Å². The molecule has 0 atom stereocenters. The van der Waals surface area contributed by atoms with Crippen LogP contribution in [0.5, 0.6) is 0 Å². The zero-order valence-electron chi connectivity index (χ0n) is 13.6. The smallest absolute Gasteiger partial charge is 0.252 e. The van der Waals surface area contributed by atoms with Crippen molar-refractivity contribution < 1.29 is 17.5 Å². The number of nitrogens with zero attached hydrogens (tertiary/aromatic N) is 4. The lowest BCUT2D eigenvalue weighted by atomic mass is 10.2. The minimum Gasteiger partial charge on any atom is -0.361 e. The first-order valence-corrected chi connectivity index (χ1v) is 9.33. The molecule has 3 aromatic rings. The maximum absolute atomic E-state index is 12.7. The molecule has 3 aromatic heterocycles. The lowest BCUT2D eigenvalue weighted by Gasteiger charge is -2.13. The molecule has 0 aliphatic carbocycles. The molecule has 0 spiro atoms. The second-order valence-corrected chi connectivity index (χ2v) is 8.67. The first-order valence-electron chi connectivity index (χ1n) is 7.07. The van der Waals surface area contributed by atoms with Crippen LogP contribution in [0, 0.1) is 20.8 Å². The maximum Gasteiger partial charge on any atom is 0.252 e. The summed E-state index contributed by atoms with van der Waals surface area (Å²) in [5.74, 6) is 1.38. The summed E-state index contributed by atoms with van der Waals surface area (Å²) in [5, 5.41) is 7.56. The second kappa shape index (κ2) is 6.11. The number of aromatic nitrogens is 3. The van der Waals surface area contributed by atoms with Crippen molar-refractivity contribution in [2.75, 3.05) is 7.05 Å². The zero-order chi connectivity index (χ0) is 17.5. The van der Waals surface area contributed by atoms with Gasteiger partial charge in [0.2, 0.25) is 5.89 Å². The van der Waals surface area contributed by atoms with Gasteiger partial charge in [-0.2, -0.15) is 9.29 Å². The van der Waals surface area contributed by atoms with Gasteiger partial charge in [0.05, 0.1) is 17.8 Å². The molecule has 3 rings (SSSR count). The fourth-order valence-corrected chi connectivity index (χ4v) is 5.04. The van der Waals surface area contributed by atoms with Crippen LogP contribution in [-0.2, 0) is 16.6 Å². The number of thiophene rings is 1. The number of hydrogen-bond acceptors (Lipinski definition) is 8. The van der Waals surface area contributed by atoms with Gasteiger partial charge in [0, 0.05) is 11.9 Å². The third-order valence-corrected chi connectivity index (χ3v) is 6.83. The molecule has 0 radical (unpaired) electrons. The summed E-state index contributed by atoms with van der Waals surface area (Å²) in [7, 11) is -2.17. The van der Waals surface area contributed by atoms with E-state index in [-0.39, 0.29) is 16.6 Å². The molecule has 0 bridgehead atoms. The Morgan fingerprint density at radius 1 is 1.17 bits per heavy atom.